The van der Waals surface area contributed by atoms with E-state index in [1.54, 1.807) is 6.20 Å². The van der Waals surface area contributed by atoms with E-state index in [0.29, 0.717) is 0 Å². The van der Waals surface area contributed by atoms with Crippen molar-refractivity contribution in [2.75, 3.05) is 50.1 Å². The van der Waals surface area contributed by atoms with Crippen molar-refractivity contribution in [1.82, 2.24) is 10.3 Å². The molecule has 0 atom stereocenters. The molecule has 0 amide bonds. The van der Waals surface area contributed by atoms with Crippen molar-refractivity contribution in [3.8, 4) is 11.1 Å². The maximum Gasteiger partial charge on any atom is 0.169 e. The van der Waals surface area contributed by atoms with E-state index in [0.717, 1.165) is 66.7 Å². The second-order valence-electron chi connectivity index (χ2n) is 8.57. The Morgan fingerprint density at radius 2 is 1.83 bits per heavy atom. The number of nitrogens with one attached hydrogen (secondary N) is 1. The van der Waals surface area contributed by atoms with Crippen LogP contribution in [0, 0.1) is 5.92 Å². The van der Waals surface area contributed by atoms with Gasteiger partial charge in [-0.05, 0) is 48.2 Å². The molecule has 0 bridgehead atoms. The number of piperazine rings is 1. The van der Waals surface area contributed by atoms with E-state index in [9.17, 15) is 4.79 Å². The van der Waals surface area contributed by atoms with E-state index in [1.165, 1.54) is 11.3 Å². The molecular formula is C25H28N4O. The molecule has 1 aliphatic carbocycles. The van der Waals surface area contributed by atoms with Crippen LogP contribution in [0.15, 0.2) is 48.7 Å². The average molecular weight is 401 g/mol. The number of fused-ring (bicyclic) bond motifs is 1. The Bertz CT molecular complexity index is 1100. The minimum Gasteiger partial charge on any atom is -0.376 e. The summed E-state index contributed by atoms with van der Waals surface area (Å²) < 4.78 is 0. The van der Waals surface area contributed by atoms with Gasteiger partial charge in [-0.1, -0.05) is 18.2 Å². The summed E-state index contributed by atoms with van der Waals surface area (Å²) in [5, 5.41) is 4.45. The molecule has 1 aromatic heterocycles. The molecule has 0 spiro atoms. The zero-order valence-corrected chi connectivity index (χ0v) is 17.7. The molecule has 5 heteroatoms. The monoisotopic (exact) mass is 400 g/mol. The number of hydrogen-bond donors (Lipinski definition) is 1. The molecule has 2 aliphatic rings. The van der Waals surface area contributed by atoms with Crippen molar-refractivity contribution in [3.05, 3.63) is 54.2 Å². The third-order valence-corrected chi connectivity index (χ3v) is 6.16. The summed E-state index contributed by atoms with van der Waals surface area (Å²) >= 11 is 0. The smallest absolute Gasteiger partial charge is 0.169 e. The van der Waals surface area contributed by atoms with E-state index >= 15 is 0 Å². The fraction of sp³-hybridized carbons (Fsp3) is 0.360. The van der Waals surface area contributed by atoms with Gasteiger partial charge in [0.15, 0.2) is 5.78 Å². The molecule has 30 heavy (non-hydrogen) atoms. The van der Waals surface area contributed by atoms with Crippen molar-refractivity contribution in [2.24, 2.45) is 5.92 Å². The van der Waals surface area contributed by atoms with Crippen LogP contribution in [0.3, 0.4) is 0 Å². The number of carbonyl (C=O) groups is 1. The number of pyridine rings is 1. The molecule has 0 radical (unpaired) electrons. The maximum atomic E-state index is 12.9. The van der Waals surface area contributed by atoms with Crippen LogP contribution in [-0.2, 0) is 0 Å². The average Bonchev–Trinajstić information content (AvgIpc) is 3.63. The highest BCUT2D eigenvalue weighted by molar-refractivity contribution is 6.10. The summed E-state index contributed by atoms with van der Waals surface area (Å²) in [6.45, 7) is 4.11. The number of anilines is 2. The van der Waals surface area contributed by atoms with Crippen LogP contribution in [0.25, 0.3) is 22.0 Å². The Balaban J connectivity index is 1.59. The third-order valence-electron chi connectivity index (χ3n) is 6.16. The molecule has 154 valence electrons. The summed E-state index contributed by atoms with van der Waals surface area (Å²) in [5.41, 5.74) is 6.27. The zero-order chi connectivity index (χ0) is 20.7. The minimum atomic E-state index is 0.182. The first kappa shape index (κ1) is 19.1. The number of ketones is 1. The van der Waals surface area contributed by atoms with Gasteiger partial charge in [-0.2, -0.15) is 0 Å². The number of carbonyl (C=O) groups excluding carboxylic acids is 1. The number of nitrogens with zero attached hydrogens (tertiary/aromatic N) is 3. The topological polar surface area (TPSA) is 48.5 Å². The van der Waals surface area contributed by atoms with Crippen molar-refractivity contribution in [2.45, 2.75) is 12.8 Å². The highest BCUT2D eigenvalue weighted by atomic mass is 16.1. The fourth-order valence-corrected chi connectivity index (χ4v) is 4.39. The lowest BCUT2D eigenvalue weighted by atomic mass is 9.98. The Labute approximate surface area is 177 Å². The van der Waals surface area contributed by atoms with Crippen LogP contribution in [0.5, 0.6) is 0 Å². The molecule has 1 saturated heterocycles. The van der Waals surface area contributed by atoms with Crippen molar-refractivity contribution >= 4 is 28.1 Å². The van der Waals surface area contributed by atoms with Crippen molar-refractivity contribution in [3.63, 3.8) is 0 Å². The summed E-state index contributed by atoms with van der Waals surface area (Å²) in [5.74, 6) is 0.418. The minimum absolute atomic E-state index is 0.182. The van der Waals surface area contributed by atoms with Gasteiger partial charge in [0.25, 0.3) is 0 Å². The molecule has 2 aromatic carbocycles. The molecule has 0 unspecified atom stereocenters. The van der Waals surface area contributed by atoms with Crippen LogP contribution in [-0.4, -0.2) is 51.0 Å². The summed E-state index contributed by atoms with van der Waals surface area (Å²) in [4.78, 5) is 22.0. The number of aromatic nitrogens is 1. The van der Waals surface area contributed by atoms with Gasteiger partial charge in [0.05, 0.1) is 16.8 Å². The van der Waals surface area contributed by atoms with Crippen LogP contribution in [0.2, 0.25) is 0 Å². The predicted octanol–water partition coefficient (Wildman–Crippen LogP) is 3.97. The van der Waals surface area contributed by atoms with E-state index < -0.39 is 0 Å². The summed E-state index contributed by atoms with van der Waals surface area (Å²) in [6, 6.07) is 15.2. The van der Waals surface area contributed by atoms with Gasteiger partial charge < -0.3 is 15.1 Å². The van der Waals surface area contributed by atoms with Crippen molar-refractivity contribution in [1.29, 1.82) is 0 Å². The van der Waals surface area contributed by atoms with E-state index in [1.807, 2.05) is 14.1 Å². The SMILES string of the molecule is CN(C)c1c(C(=O)C2CC2)cnc2ccc(-c3cccc(N4CCNCC4)c3)cc12. The van der Waals surface area contributed by atoms with Gasteiger partial charge in [-0.15, -0.1) is 0 Å². The second-order valence-corrected chi connectivity index (χ2v) is 8.57. The standard InChI is InChI=1S/C25H28N4O/c1-28(2)24-21-15-19(8-9-23(21)27-16-22(24)25(30)17-6-7-17)18-4-3-5-20(14-18)29-12-10-26-11-13-29/h3-5,8-9,14-17,26H,6-7,10-13H2,1-2H3. The quantitative estimate of drug-likeness (QED) is 0.657. The number of Topliss-reactive ketones (excluding diaryl/α,β-unsaturated/α-hetero) is 1. The Kier molecular flexibility index (Phi) is 4.91. The van der Waals surface area contributed by atoms with Gasteiger partial charge in [0.1, 0.15) is 0 Å². The normalized spacial score (nSPS) is 16.7. The highest BCUT2D eigenvalue weighted by Gasteiger charge is 2.32. The lowest BCUT2D eigenvalue weighted by molar-refractivity contribution is 0.0968. The molecule has 2 fully saturated rings. The van der Waals surface area contributed by atoms with Crippen LogP contribution in [0.1, 0.15) is 23.2 Å². The van der Waals surface area contributed by atoms with Gasteiger partial charge in [-0.25, -0.2) is 0 Å². The zero-order valence-electron chi connectivity index (χ0n) is 17.7. The lowest BCUT2D eigenvalue weighted by Gasteiger charge is -2.29. The van der Waals surface area contributed by atoms with E-state index in [4.69, 9.17) is 0 Å². The summed E-state index contributed by atoms with van der Waals surface area (Å²) in [7, 11) is 4.02. The third kappa shape index (κ3) is 3.54. The summed E-state index contributed by atoms with van der Waals surface area (Å²) in [6.07, 6.45) is 3.77. The van der Waals surface area contributed by atoms with Gasteiger partial charge in [-0.3, -0.25) is 9.78 Å². The van der Waals surface area contributed by atoms with Crippen molar-refractivity contribution < 1.29 is 4.79 Å². The second kappa shape index (κ2) is 7.73. The molecule has 2 heterocycles. The molecule has 1 saturated carbocycles. The van der Waals surface area contributed by atoms with Crippen LogP contribution < -0.4 is 15.1 Å². The van der Waals surface area contributed by atoms with Gasteiger partial charge >= 0.3 is 0 Å². The lowest BCUT2D eigenvalue weighted by Crippen LogP contribution is -2.43. The predicted molar refractivity (Wildman–Crippen MR) is 124 cm³/mol. The first-order chi connectivity index (χ1) is 14.6. The maximum absolute atomic E-state index is 12.9. The Morgan fingerprint density at radius 1 is 1.07 bits per heavy atom. The van der Waals surface area contributed by atoms with Crippen LogP contribution >= 0.6 is 0 Å². The molecule has 5 nitrogen and oxygen atoms in total. The fourth-order valence-electron chi connectivity index (χ4n) is 4.39. The van der Waals surface area contributed by atoms with E-state index in [-0.39, 0.29) is 11.7 Å². The largest absolute Gasteiger partial charge is 0.376 e. The first-order valence-corrected chi connectivity index (χ1v) is 10.8. The molecule has 5 rings (SSSR count). The first-order valence-electron chi connectivity index (χ1n) is 10.8. The van der Waals surface area contributed by atoms with Crippen LogP contribution in [0.4, 0.5) is 11.4 Å². The van der Waals surface area contributed by atoms with Gasteiger partial charge in [0.2, 0.25) is 0 Å². The number of rotatable bonds is 5. The molecule has 1 N–H and O–H groups in total. The Morgan fingerprint density at radius 3 is 2.57 bits per heavy atom. The van der Waals surface area contributed by atoms with Gasteiger partial charge in [0, 0.05) is 63.5 Å². The molecule has 3 aromatic rings. The molecule has 1 aliphatic heterocycles. The Hall–Kier alpha value is -2.92. The number of benzene rings is 2. The number of hydrogen-bond acceptors (Lipinski definition) is 5. The van der Waals surface area contributed by atoms with E-state index in [2.05, 4.69) is 62.6 Å². The highest BCUT2D eigenvalue weighted by Crippen LogP contribution is 2.38. The molecular weight excluding hydrogens is 372 g/mol.